The summed E-state index contributed by atoms with van der Waals surface area (Å²) in [5.41, 5.74) is 0.512. The Morgan fingerprint density at radius 2 is 1.95 bits per heavy atom. The number of thiol groups is 2. The molecule has 0 N–H and O–H groups in total. The number of fused-ring (bicyclic) bond motifs is 3. The van der Waals surface area contributed by atoms with Crippen LogP contribution in [0.3, 0.4) is 0 Å². The van der Waals surface area contributed by atoms with E-state index in [1.165, 1.54) is 7.11 Å². The highest BCUT2D eigenvalue weighted by Crippen LogP contribution is 2.56. The van der Waals surface area contributed by atoms with Crippen molar-refractivity contribution in [3.05, 3.63) is 23.3 Å². The third kappa shape index (κ3) is 1.96. The molecule has 1 aliphatic heterocycles. The maximum atomic E-state index is 12.2. The van der Waals surface area contributed by atoms with Gasteiger partial charge in [0.05, 0.1) is 13.5 Å². The molecule has 1 aromatic rings. The molecule has 1 saturated heterocycles. The maximum absolute atomic E-state index is 12.2. The lowest BCUT2D eigenvalue weighted by Crippen LogP contribution is -2.33. The van der Waals surface area contributed by atoms with Crippen molar-refractivity contribution >= 4 is 37.8 Å². The van der Waals surface area contributed by atoms with Crippen molar-refractivity contribution < 1.29 is 27.4 Å². The lowest BCUT2D eigenvalue weighted by atomic mass is 9.81. The molecule has 1 aromatic carbocycles. The number of methoxy groups -OCH3 is 1. The van der Waals surface area contributed by atoms with Gasteiger partial charge in [0.15, 0.2) is 11.5 Å². The molecule has 1 aliphatic carbocycles. The highest BCUT2D eigenvalue weighted by molar-refractivity contribution is 7.75. The van der Waals surface area contributed by atoms with Crippen molar-refractivity contribution in [2.24, 2.45) is 5.41 Å². The van der Waals surface area contributed by atoms with Gasteiger partial charge in [0.1, 0.15) is 11.5 Å². The van der Waals surface area contributed by atoms with Gasteiger partial charge in [-0.05, 0) is 24.1 Å². The van der Waals surface area contributed by atoms with E-state index >= 15 is 0 Å². The summed E-state index contributed by atoms with van der Waals surface area (Å²) in [5, 5.41) is 0. The summed E-state index contributed by atoms with van der Waals surface area (Å²) in [6, 6.07) is 3.34. The number of ether oxygens (including phenoxy) is 2. The number of hydrogen-bond acceptors (Lipinski definition) is 8. The molecule has 8 heteroatoms. The van der Waals surface area contributed by atoms with Gasteiger partial charge in [-0.15, -0.1) is 0 Å². The third-order valence-electron chi connectivity index (χ3n) is 3.99. The van der Waals surface area contributed by atoms with Crippen LogP contribution in [0.5, 0.6) is 11.5 Å². The van der Waals surface area contributed by atoms with Gasteiger partial charge in [0, 0.05) is 31.4 Å². The van der Waals surface area contributed by atoms with Crippen LogP contribution in [-0.2, 0) is 25.5 Å². The zero-order chi connectivity index (χ0) is 15.2. The van der Waals surface area contributed by atoms with Crippen LogP contribution in [0.4, 0.5) is 0 Å². The van der Waals surface area contributed by atoms with E-state index in [0.717, 1.165) is 5.56 Å². The van der Waals surface area contributed by atoms with Gasteiger partial charge in [0.2, 0.25) is 0 Å². The number of hydrogen-bond donors (Lipinski definition) is 2. The van der Waals surface area contributed by atoms with Crippen molar-refractivity contribution in [3.63, 3.8) is 0 Å². The fourth-order valence-corrected chi connectivity index (χ4v) is 3.39. The van der Waals surface area contributed by atoms with Crippen LogP contribution in [-0.4, -0.2) is 19.0 Å². The first-order valence-electron chi connectivity index (χ1n) is 6.13. The van der Waals surface area contributed by atoms with E-state index in [1.54, 1.807) is 12.1 Å². The van der Waals surface area contributed by atoms with E-state index in [1.807, 2.05) is 0 Å². The predicted octanol–water partition coefficient (Wildman–Crippen LogP) is 1.84. The molecule has 3 rings (SSSR count). The molecule has 0 spiro atoms. The average Bonchev–Trinajstić information content (AvgIpc) is 2.96. The van der Waals surface area contributed by atoms with Gasteiger partial charge in [-0.25, -0.2) is 0 Å². The Bertz CT molecular complexity index is 631. The number of esters is 2. The predicted molar refractivity (Wildman–Crippen MR) is 77.3 cm³/mol. The first kappa shape index (κ1) is 14.4. The highest BCUT2D eigenvalue weighted by Gasteiger charge is 2.60. The van der Waals surface area contributed by atoms with Crippen LogP contribution in [0.25, 0.3) is 0 Å². The fourth-order valence-electron chi connectivity index (χ4n) is 3.10. The first-order chi connectivity index (χ1) is 10.1. The Balaban J connectivity index is 2.12. The largest absolute Gasteiger partial charge is 0.468 e. The normalized spacial score (nSPS) is 25.9. The van der Waals surface area contributed by atoms with Crippen LogP contribution in [0.15, 0.2) is 12.1 Å². The van der Waals surface area contributed by atoms with Crippen molar-refractivity contribution in [1.82, 2.24) is 0 Å². The van der Waals surface area contributed by atoms with E-state index in [-0.39, 0.29) is 6.42 Å². The van der Waals surface area contributed by atoms with E-state index in [0.29, 0.717) is 23.5 Å². The zero-order valence-corrected chi connectivity index (χ0v) is 12.8. The van der Waals surface area contributed by atoms with Crippen LogP contribution < -0.4 is 8.37 Å². The second kappa shape index (κ2) is 5.03. The van der Waals surface area contributed by atoms with Crippen LogP contribution >= 0.6 is 25.8 Å². The topological polar surface area (TPSA) is 71.1 Å². The lowest BCUT2D eigenvalue weighted by molar-refractivity contribution is -0.155. The summed E-state index contributed by atoms with van der Waals surface area (Å²) in [5.74, 6) is -0.177. The summed E-state index contributed by atoms with van der Waals surface area (Å²) < 4.78 is 20.0. The molecule has 0 bridgehead atoms. The van der Waals surface area contributed by atoms with E-state index in [4.69, 9.17) is 17.8 Å². The van der Waals surface area contributed by atoms with Gasteiger partial charge < -0.3 is 17.8 Å². The molecule has 2 atom stereocenters. The monoisotopic (exact) mass is 328 g/mol. The van der Waals surface area contributed by atoms with Gasteiger partial charge >= 0.3 is 11.9 Å². The summed E-state index contributed by atoms with van der Waals surface area (Å²) in [7, 11) is 1.30. The Labute approximate surface area is 131 Å². The zero-order valence-electron chi connectivity index (χ0n) is 11.0. The minimum Gasteiger partial charge on any atom is -0.468 e. The molecule has 0 aromatic heterocycles. The lowest BCUT2D eigenvalue weighted by Gasteiger charge is -2.22. The molecule has 112 valence electrons. The highest BCUT2D eigenvalue weighted by atomic mass is 32.1. The summed E-state index contributed by atoms with van der Waals surface area (Å²) in [4.78, 5) is 23.8. The average molecular weight is 328 g/mol. The quantitative estimate of drug-likeness (QED) is 0.501. The molecule has 1 heterocycles. The maximum Gasteiger partial charge on any atom is 0.316 e. The van der Waals surface area contributed by atoms with Gasteiger partial charge in [-0.1, -0.05) is 0 Å². The first-order valence-corrected chi connectivity index (χ1v) is 6.86. The number of rotatable bonds is 3. The summed E-state index contributed by atoms with van der Waals surface area (Å²) >= 11 is 7.52. The fraction of sp³-hybridized carbons (Fsp3) is 0.385. The van der Waals surface area contributed by atoms with Gasteiger partial charge in [0.25, 0.3) is 0 Å². The minimum atomic E-state index is -1.02. The number of carbonyl (C=O) groups excluding carboxylic acids is 2. The Morgan fingerprint density at radius 3 is 2.57 bits per heavy atom. The van der Waals surface area contributed by atoms with Crippen molar-refractivity contribution in [2.75, 3.05) is 7.11 Å². The molecule has 2 aliphatic rings. The molecular weight excluding hydrogens is 316 g/mol. The molecule has 0 saturated carbocycles. The van der Waals surface area contributed by atoms with Gasteiger partial charge in [-0.2, -0.15) is 0 Å². The molecular formula is C13H12O6S2. The Morgan fingerprint density at radius 1 is 1.29 bits per heavy atom. The molecule has 0 radical (unpaired) electrons. The minimum absolute atomic E-state index is 0.00679. The standard InChI is InChI=1S/C13H12O6S2/c1-16-12(15)13-4-6-2-8(18-20)9(19-21)3-7(6)11(13)17-10(14)5-13/h2-3,11,20-21H,4-5H2,1H3/t11?,13-/m0/s1. The molecule has 1 fully saturated rings. The molecule has 0 amide bonds. The van der Waals surface area contributed by atoms with Crippen molar-refractivity contribution in [2.45, 2.75) is 18.9 Å². The molecule has 1 unspecified atom stereocenters. The second-order valence-electron chi connectivity index (χ2n) is 5.05. The van der Waals surface area contributed by atoms with Gasteiger partial charge in [-0.3, -0.25) is 9.59 Å². The molecule has 21 heavy (non-hydrogen) atoms. The number of benzene rings is 1. The number of carbonyl (C=O) groups is 2. The van der Waals surface area contributed by atoms with E-state index in [9.17, 15) is 9.59 Å². The Hall–Kier alpha value is -1.54. The van der Waals surface area contributed by atoms with Crippen LogP contribution in [0.2, 0.25) is 0 Å². The van der Waals surface area contributed by atoms with Crippen LogP contribution in [0.1, 0.15) is 23.7 Å². The Kier molecular flexibility index (Phi) is 3.45. The van der Waals surface area contributed by atoms with E-state index < -0.39 is 23.5 Å². The summed E-state index contributed by atoms with van der Waals surface area (Å²) in [6.07, 6.45) is -0.348. The second-order valence-corrected chi connectivity index (χ2v) is 5.42. The van der Waals surface area contributed by atoms with Crippen molar-refractivity contribution in [1.29, 1.82) is 0 Å². The smallest absolute Gasteiger partial charge is 0.316 e. The molecule has 6 nitrogen and oxygen atoms in total. The van der Waals surface area contributed by atoms with E-state index in [2.05, 4.69) is 25.8 Å². The summed E-state index contributed by atoms with van der Waals surface area (Å²) in [6.45, 7) is 0. The SMILES string of the molecule is COC(=O)[C@@]12CC(=O)OC1c1cc(OS)c(OS)cc1C2. The van der Waals surface area contributed by atoms with Crippen LogP contribution in [0, 0.1) is 5.41 Å². The van der Waals surface area contributed by atoms with Crippen molar-refractivity contribution in [3.8, 4) is 11.5 Å². The third-order valence-corrected chi connectivity index (χ3v) is 4.39.